The van der Waals surface area contributed by atoms with Crippen molar-refractivity contribution in [1.82, 2.24) is 10.2 Å². The number of aryl methyl sites for hydroxylation is 1. The van der Waals surface area contributed by atoms with E-state index < -0.39 is 0 Å². The van der Waals surface area contributed by atoms with E-state index in [4.69, 9.17) is 5.73 Å². The van der Waals surface area contributed by atoms with Crippen LogP contribution in [0.2, 0.25) is 0 Å². The van der Waals surface area contributed by atoms with E-state index in [-0.39, 0.29) is 0 Å². The quantitative estimate of drug-likeness (QED) is 0.651. The fourth-order valence-electron chi connectivity index (χ4n) is 0.898. The van der Waals surface area contributed by atoms with E-state index in [1.165, 1.54) is 0 Å². The van der Waals surface area contributed by atoms with E-state index in [1.54, 1.807) is 0 Å². The van der Waals surface area contributed by atoms with Gasteiger partial charge in [0.25, 0.3) is 0 Å². The van der Waals surface area contributed by atoms with Gasteiger partial charge >= 0.3 is 0 Å². The Balaban J connectivity index is 2.59. The first kappa shape index (κ1) is 7.28. The van der Waals surface area contributed by atoms with Crippen molar-refractivity contribution >= 4 is 0 Å². The molecule has 0 aliphatic carbocycles. The second-order valence-electron chi connectivity index (χ2n) is 2.34. The molecule has 0 unspecified atom stereocenters. The standard InChI is InChI=1S/C7H13N3/c1-2-3-6-4-7(5-8)10-9-6/h4H,2-3,5,8H2,1H3,(H,9,10). The Bertz CT molecular complexity index is 192. The number of nitrogens with two attached hydrogens (primary N) is 1. The smallest absolute Gasteiger partial charge is 0.0625 e. The molecule has 0 fully saturated rings. The van der Waals surface area contributed by atoms with Gasteiger partial charge in [-0.25, -0.2) is 0 Å². The van der Waals surface area contributed by atoms with Crippen LogP contribution in [0.1, 0.15) is 24.7 Å². The number of aromatic nitrogens is 2. The van der Waals surface area contributed by atoms with Crippen molar-refractivity contribution in [3.63, 3.8) is 0 Å². The van der Waals surface area contributed by atoms with E-state index >= 15 is 0 Å². The zero-order valence-corrected chi connectivity index (χ0v) is 6.22. The zero-order valence-electron chi connectivity index (χ0n) is 6.22. The first-order valence-corrected chi connectivity index (χ1v) is 3.60. The Labute approximate surface area is 60.6 Å². The molecule has 0 saturated heterocycles. The molecule has 56 valence electrons. The Kier molecular flexibility index (Phi) is 2.45. The number of rotatable bonds is 3. The molecule has 1 heterocycles. The summed E-state index contributed by atoms with van der Waals surface area (Å²) in [6.07, 6.45) is 2.17. The van der Waals surface area contributed by atoms with Crippen LogP contribution in [-0.4, -0.2) is 10.2 Å². The highest BCUT2D eigenvalue weighted by atomic mass is 15.1. The average Bonchev–Trinajstić information content (AvgIpc) is 2.37. The molecule has 0 atom stereocenters. The second-order valence-corrected chi connectivity index (χ2v) is 2.34. The molecule has 3 N–H and O–H groups in total. The maximum absolute atomic E-state index is 5.39. The number of nitrogens with zero attached hydrogens (tertiary/aromatic N) is 1. The molecule has 0 bridgehead atoms. The Morgan fingerprint density at radius 3 is 3.00 bits per heavy atom. The van der Waals surface area contributed by atoms with Gasteiger partial charge in [-0.1, -0.05) is 13.3 Å². The highest BCUT2D eigenvalue weighted by Gasteiger charge is 1.96. The van der Waals surface area contributed by atoms with Gasteiger partial charge in [-0.05, 0) is 12.5 Å². The van der Waals surface area contributed by atoms with Crippen LogP contribution in [0.15, 0.2) is 6.07 Å². The lowest BCUT2D eigenvalue weighted by Gasteiger charge is -1.85. The molecule has 0 aliphatic heterocycles. The molecule has 10 heavy (non-hydrogen) atoms. The lowest BCUT2D eigenvalue weighted by Crippen LogP contribution is -1.95. The molecule has 0 radical (unpaired) electrons. The van der Waals surface area contributed by atoms with Gasteiger partial charge in [0, 0.05) is 12.2 Å². The van der Waals surface area contributed by atoms with Crippen LogP contribution in [0.3, 0.4) is 0 Å². The summed E-state index contributed by atoms with van der Waals surface area (Å²) in [6.45, 7) is 2.69. The number of hydrogen-bond acceptors (Lipinski definition) is 2. The number of aromatic amines is 1. The highest BCUT2D eigenvalue weighted by molar-refractivity contribution is 5.07. The van der Waals surface area contributed by atoms with E-state index in [1.807, 2.05) is 6.07 Å². The largest absolute Gasteiger partial charge is 0.325 e. The first-order chi connectivity index (χ1) is 4.86. The second kappa shape index (κ2) is 3.37. The molecule has 0 aliphatic rings. The Morgan fingerprint density at radius 2 is 2.50 bits per heavy atom. The normalized spacial score (nSPS) is 10.2. The van der Waals surface area contributed by atoms with Crippen molar-refractivity contribution in [2.45, 2.75) is 26.3 Å². The van der Waals surface area contributed by atoms with Gasteiger partial charge in [0.1, 0.15) is 0 Å². The molecule has 0 saturated carbocycles. The van der Waals surface area contributed by atoms with Crippen molar-refractivity contribution in [1.29, 1.82) is 0 Å². The van der Waals surface area contributed by atoms with Gasteiger partial charge in [-0.2, -0.15) is 5.10 Å². The van der Waals surface area contributed by atoms with Gasteiger partial charge < -0.3 is 5.73 Å². The van der Waals surface area contributed by atoms with Crippen molar-refractivity contribution in [2.24, 2.45) is 5.73 Å². The molecular formula is C7H13N3. The fourth-order valence-corrected chi connectivity index (χ4v) is 0.898. The molecular weight excluding hydrogens is 126 g/mol. The van der Waals surface area contributed by atoms with Crippen LogP contribution in [0, 0.1) is 0 Å². The fraction of sp³-hybridized carbons (Fsp3) is 0.571. The van der Waals surface area contributed by atoms with Crippen molar-refractivity contribution in [3.05, 3.63) is 17.5 Å². The molecule has 3 nitrogen and oxygen atoms in total. The molecule has 1 rings (SSSR count). The summed E-state index contributed by atoms with van der Waals surface area (Å²) in [7, 11) is 0. The van der Waals surface area contributed by atoms with Crippen molar-refractivity contribution in [2.75, 3.05) is 0 Å². The van der Waals surface area contributed by atoms with Gasteiger partial charge in [0.2, 0.25) is 0 Å². The number of nitrogens with one attached hydrogen (secondary N) is 1. The summed E-state index contributed by atoms with van der Waals surface area (Å²) in [5, 5.41) is 6.94. The van der Waals surface area contributed by atoms with Gasteiger partial charge in [0.15, 0.2) is 0 Å². The molecule has 3 heteroatoms. The third-order valence-electron chi connectivity index (χ3n) is 1.41. The molecule has 1 aromatic rings. The SMILES string of the molecule is CCCc1cc(CN)[nH]n1. The van der Waals surface area contributed by atoms with E-state index in [2.05, 4.69) is 17.1 Å². The van der Waals surface area contributed by atoms with Crippen LogP contribution in [-0.2, 0) is 13.0 Å². The van der Waals surface area contributed by atoms with Crippen LogP contribution in [0.4, 0.5) is 0 Å². The average molecular weight is 139 g/mol. The summed E-state index contributed by atoms with van der Waals surface area (Å²) in [5.74, 6) is 0. The highest BCUT2D eigenvalue weighted by Crippen LogP contribution is 2.00. The first-order valence-electron chi connectivity index (χ1n) is 3.60. The zero-order chi connectivity index (χ0) is 7.40. The topological polar surface area (TPSA) is 54.7 Å². The summed E-state index contributed by atoms with van der Waals surface area (Å²) >= 11 is 0. The monoisotopic (exact) mass is 139 g/mol. The Hall–Kier alpha value is -0.830. The lowest BCUT2D eigenvalue weighted by molar-refractivity contribution is 0.860. The van der Waals surface area contributed by atoms with Gasteiger partial charge in [0.05, 0.1) is 5.69 Å². The Morgan fingerprint density at radius 1 is 1.70 bits per heavy atom. The molecule has 0 aromatic carbocycles. The maximum atomic E-state index is 5.39. The van der Waals surface area contributed by atoms with Crippen molar-refractivity contribution in [3.8, 4) is 0 Å². The minimum absolute atomic E-state index is 0.552. The van der Waals surface area contributed by atoms with Gasteiger partial charge in [-0.15, -0.1) is 0 Å². The predicted octanol–water partition coefficient (Wildman–Crippen LogP) is 0.821. The minimum atomic E-state index is 0.552. The number of H-pyrrole nitrogens is 1. The summed E-state index contributed by atoms with van der Waals surface area (Å²) in [4.78, 5) is 0. The third-order valence-corrected chi connectivity index (χ3v) is 1.41. The van der Waals surface area contributed by atoms with Crippen LogP contribution < -0.4 is 5.73 Å². The summed E-state index contributed by atoms with van der Waals surface area (Å²) in [5.41, 5.74) is 7.52. The van der Waals surface area contributed by atoms with Crippen LogP contribution in [0.25, 0.3) is 0 Å². The van der Waals surface area contributed by atoms with Gasteiger partial charge in [-0.3, -0.25) is 5.10 Å². The molecule has 0 spiro atoms. The molecule has 1 aromatic heterocycles. The van der Waals surface area contributed by atoms with E-state index in [0.717, 1.165) is 24.2 Å². The molecule has 0 amide bonds. The number of hydrogen-bond donors (Lipinski definition) is 2. The van der Waals surface area contributed by atoms with Crippen LogP contribution in [0.5, 0.6) is 0 Å². The predicted molar refractivity (Wildman–Crippen MR) is 40.5 cm³/mol. The van der Waals surface area contributed by atoms with Crippen LogP contribution >= 0.6 is 0 Å². The summed E-state index contributed by atoms with van der Waals surface area (Å²) < 4.78 is 0. The third kappa shape index (κ3) is 1.57. The maximum Gasteiger partial charge on any atom is 0.0625 e. The van der Waals surface area contributed by atoms with Crippen molar-refractivity contribution < 1.29 is 0 Å². The lowest BCUT2D eigenvalue weighted by atomic mass is 10.2. The van der Waals surface area contributed by atoms with E-state index in [0.29, 0.717) is 6.54 Å². The summed E-state index contributed by atoms with van der Waals surface area (Å²) in [6, 6.07) is 2.02. The van der Waals surface area contributed by atoms with E-state index in [9.17, 15) is 0 Å². The minimum Gasteiger partial charge on any atom is -0.325 e.